The highest BCUT2D eigenvalue weighted by atomic mass is 19.1. The number of benzene rings is 2. The molecule has 7 nitrogen and oxygen atoms in total. The van der Waals surface area contributed by atoms with Crippen molar-refractivity contribution in [3.05, 3.63) is 63.5 Å². The van der Waals surface area contributed by atoms with Crippen LogP contribution in [-0.2, 0) is 4.79 Å². The van der Waals surface area contributed by atoms with E-state index in [1.807, 2.05) is 0 Å². The molecule has 0 aliphatic carbocycles. The van der Waals surface area contributed by atoms with Gasteiger partial charge in [0.1, 0.15) is 5.82 Å². The van der Waals surface area contributed by atoms with E-state index in [2.05, 4.69) is 10.6 Å². The molecular weight excluding hydrogens is 317 g/mol. The van der Waals surface area contributed by atoms with Crippen LogP contribution in [0.5, 0.6) is 0 Å². The first-order valence-electron chi connectivity index (χ1n) is 6.91. The molecule has 24 heavy (non-hydrogen) atoms. The van der Waals surface area contributed by atoms with Gasteiger partial charge in [0, 0.05) is 29.8 Å². The van der Waals surface area contributed by atoms with Crippen LogP contribution in [0.4, 0.5) is 21.5 Å². The Morgan fingerprint density at radius 3 is 2.46 bits per heavy atom. The van der Waals surface area contributed by atoms with Crippen molar-refractivity contribution >= 4 is 28.9 Å². The van der Waals surface area contributed by atoms with E-state index in [9.17, 15) is 24.1 Å². The largest absolute Gasteiger partial charge is 0.326 e. The summed E-state index contributed by atoms with van der Waals surface area (Å²) in [5.41, 5.74) is 0.408. The molecule has 124 valence electrons. The van der Waals surface area contributed by atoms with Crippen LogP contribution in [0.25, 0.3) is 0 Å². The molecule has 0 saturated heterocycles. The lowest BCUT2D eigenvalue weighted by Crippen LogP contribution is -2.14. The Balaban J connectivity index is 2.28. The van der Waals surface area contributed by atoms with E-state index in [4.69, 9.17) is 0 Å². The van der Waals surface area contributed by atoms with E-state index in [0.29, 0.717) is 11.3 Å². The van der Waals surface area contributed by atoms with Crippen molar-refractivity contribution in [3.63, 3.8) is 0 Å². The first kappa shape index (κ1) is 17.1. The Morgan fingerprint density at radius 1 is 1.12 bits per heavy atom. The summed E-state index contributed by atoms with van der Waals surface area (Å²) in [4.78, 5) is 33.6. The zero-order valence-electron chi connectivity index (χ0n) is 12.9. The molecule has 8 heteroatoms. The molecule has 0 saturated carbocycles. The topological polar surface area (TPSA) is 101 Å². The average molecular weight is 331 g/mol. The maximum Gasteiger partial charge on any atom is 0.273 e. The third-order valence-electron chi connectivity index (χ3n) is 3.20. The molecule has 0 aliphatic heterocycles. The van der Waals surface area contributed by atoms with E-state index < -0.39 is 16.6 Å². The van der Waals surface area contributed by atoms with Crippen LogP contribution in [-0.4, -0.2) is 16.7 Å². The molecule has 0 fully saturated rings. The van der Waals surface area contributed by atoms with Crippen LogP contribution in [0.3, 0.4) is 0 Å². The average Bonchev–Trinajstić information content (AvgIpc) is 2.50. The van der Waals surface area contributed by atoms with Crippen molar-refractivity contribution in [3.8, 4) is 0 Å². The van der Waals surface area contributed by atoms with Gasteiger partial charge < -0.3 is 10.6 Å². The van der Waals surface area contributed by atoms with Crippen molar-refractivity contribution in [2.45, 2.75) is 13.8 Å². The molecule has 2 aromatic carbocycles. The van der Waals surface area contributed by atoms with Gasteiger partial charge in [-0.2, -0.15) is 0 Å². The van der Waals surface area contributed by atoms with Gasteiger partial charge in [-0.3, -0.25) is 19.7 Å². The standard InChI is InChI=1S/C16H14FN3O4/c1-9-3-4-11(7-15(9)20(23)24)16(22)19-14-8-12(18-10(2)21)5-6-13(14)17/h3-8H,1-2H3,(H,18,21)(H,19,22). The lowest BCUT2D eigenvalue weighted by atomic mass is 10.1. The summed E-state index contributed by atoms with van der Waals surface area (Å²) in [6, 6.07) is 7.68. The van der Waals surface area contributed by atoms with Crippen molar-refractivity contribution in [1.29, 1.82) is 0 Å². The summed E-state index contributed by atoms with van der Waals surface area (Å²) in [7, 11) is 0. The maximum absolute atomic E-state index is 13.8. The molecule has 0 aromatic heterocycles. The number of nitro benzene ring substituents is 1. The number of nitrogens with one attached hydrogen (secondary N) is 2. The Hall–Kier alpha value is -3.29. The minimum Gasteiger partial charge on any atom is -0.326 e. The molecule has 2 rings (SSSR count). The Labute approximate surface area is 136 Å². The van der Waals surface area contributed by atoms with Gasteiger partial charge in [0.25, 0.3) is 11.6 Å². The van der Waals surface area contributed by atoms with Crippen molar-refractivity contribution in [1.82, 2.24) is 0 Å². The molecule has 2 N–H and O–H groups in total. The summed E-state index contributed by atoms with van der Waals surface area (Å²) in [6.07, 6.45) is 0. The molecule has 2 aromatic rings. The lowest BCUT2D eigenvalue weighted by molar-refractivity contribution is -0.385. The van der Waals surface area contributed by atoms with Gasteiger partial charge in [0.15, 0.2) is 0 Å². The van der Waals surface area contributed by atoms with Crippen LogP contribution >= 0.6 is 0 Å². The molecular formula is C16H14FN3O4. The quantitative estimate of drug-likeness (QED) is 0.663. The van der Waals surface area contributed by atoms with Crippen LogP contribution < -0.4 is 10.6 Å². The van der Waals surface area contributed by atoms with Crippen molar-refractivity contribution in [2.75, 3.05) is 10.6 Å². The fourth-order valence-corrected chi connectivity index (χ4v) is 2.04. The minimum atomic E-state index is -0.697. The normalized spacial score (nSPS) is 10.1. The first-order chi connectivity index (χ1) is 11.3. The number of carbonyl (C=O) groups excluding carboxylic acids is 2. The van der Waals surface area contributed by atoms with Gasteiger partial charge >= 0.3 is 0 Å². The molecule has 0 aliphatic rings. The second-order valence-corrected chi connectivity index (χ2v) is 5.09. The molecule has 0 unspecified atom stereocenters. The molecule has 0 radical (unpaired) electrons. The smallest absolute Gasteiger partial charge is 0.273 e. The van der Waals surface area contributed by atoms with E-state index in [1.165, 1.54) is 31.2 Å². The predicted molar refractivity (Wildman–Crippen MR) is 86.5 cm³/mol. The SMILES string of the molecule is CC(=O)Nc1ccc(F)c(NC(=O)c2ccc(C)c([N+](=O)[O-])c2)c1. The van der Waals surface area contributed by atoms with Gasteiger partial charge in [0.2, 0.25) is 5.91 Å². The van der Waals surface area contributed by atoms with E-state index in [0.717, 1.165) is 12.1 Å². The number of anilines is 2. The van der Waals surface area contributed by atoms with Gasteiger partial charge in [-0.1, -0.05) is 6.07 Å². The zero-order valence-corrected chi connectivity index (χ0v) is 12.9. The van der Waals surface area contributed by atoms with Gasteiger partial charge in [0.05, 0.1) is 10.6 Å². The molecule has 0 spiro atoms. The number of hydrogen-bond donors (Lipinski definition) is 2. The Morgan fingerprint density at radius 2 is 1.83 bits per heavy atom. The second-order valence-electron chi connectivity index (χ2n) is 5.09. The van der Waals surface area contributed by atoms with Gasteiger partial charge in [-0.25, -0.2) is 4.39 Å². The first-order valence-corrected chi connectivity index (χ1v) is 6.91. The number of halogens is 1. The molecule has 0 atom stereocenters. The van der Waals surface area contributed by atoms with Crippen LogP contribution in [0.2, 0.25) is 0 Å². The summed E-state index contributed by atoms with van der Waals surface area (Å²) in [5.74, 6) is -1.73. The second kappa shape index (κ2) is 6.86. The number of aryl methyl sites for hydroxylation is 1. The fourth-order valence-electron chi connectivity index (χ4n) is 2.04. The molecule has 0 bridgehead atoms. The third kappa shape index (κ3) is 3.92. The van der Waals surface area contributed by atoms with E-state index in [1.54, 1.807) is 6.92 Å². The number of carbonyl (C=O) groups is 2. The Kier molecular flexibility index (Phi) is 4.88. The Bertz CT molecular complexity index is 836. The lowest BCUT2D eigenvalue weighted by Gasteiger charge is -2.09. The summed E-state index contributed by atoms with van der Waals surface area (Å²) < 4.78 is 13.8. The summed E-state index contributed by atoms with van der Waals surface area (Å²) in [6.45, 7) is 2.85. The number of hydrogen-bond acceptors (Lipinski definition) is 4. The van der Waals surface area contributed by atoms with Crippen LogP contribution in [0, 0.1) is 22.9 Å². The van der Waals surface area contributed by atoms with Crippen LogP contribution in [0.1, 0.15) is 22.8 Å². The van der Waals surface area contributed by atoms with Crippen LogP contribution in [0.15, 0.2) is 36.4 Å². The van der Waals surface area contributed by atoms with Gasteiger partial charge in [-0.15, -0.1) is 0 Å². The zero-order chi connectivity index (χ0) is 17.9. The predicted octanol–water partition coefficient (Wildman–Crippen LogP) is 3.25. The van der Waals surface area contributed by atoms with E-state index in [-0.39, 0.29) is 22.8 Å². The number of nitro groups is 1. The minimum absolute atomic E-state index is 0.0247. The molecule has 0 heterocycles. The summed E-state index contributed by atoms with van der Waals surface area (Å²) in [5, 5.41) is 15.7. The highest BCUT2D eigenvalue weighted by Crippen LogP contribution is 2.23. The fraction of sp³-hybridized carbons (Fsp3) is 0.125. The number of nitrogens with zero attached hydrogens (tertiary/aromatic N) is 1. The third-order valence-corrected chi connectivity index (χ3v) is 3.20. The molecule has 2 amide bonds. The van der Waals surface area contributed by atoms with Crippen molar-refractivity contribution < 1.29 is 18.9 Å². The maximum atomic E-state index is 13.8. The van der Waals surface area contributed by atoms with Gasteiger partial charge in [-0.05, 0) is 31.2 Å². The highest BCUT2D eigenvalue weighted by molar-refractivity contribution is 6.05. The number of amides is 2. The number of rotatable bonds is 4. The van der Waals surface area contributed by atoms with E-state index >= 15 is 0 Å². The monoisotopic (exact) mass is 331 g/mol. The highest BCUT2D eigenvalue weighted by Gasteiger charge is 2.16. The van der Waals surface area contributed by atoms with Crippen molar-refractivity contribution in [2.24, 2.45) is 0 Å². The summed E-state index contributed by atoms with van der Waals surface area (Å²) >= 11 is 0.